The van der Waals surface area contributed by atoms with Crippen molar-refractivity contribution in [2.45, 2.75) is 0 Å². The molecule has 4 heteroatoms. The number of benzene rings is 2. The Kier molecular flexibility index (Phi) is 3.35. The predicted octanol–water partition coefficient (Wildman–Crippen LogP) is 3.68. The van der Waals surface area contributed by atoms with E-state index in [2.05, 4.69) is 4.99 Å². The number of nitrogens with zero attached hydrogens (tertiary/aromatic N) is 1. The summed E-state index contributed by atoms with van der Waals surface area (Å²) in [6.45, 7) is 0. The third-order valence-corrected chi connectivity index (χ3v) is 3.03. The average Bonchev–Trinajstić information content (AvgIpc) is 2.81. The number of halogens is 1. The zero-order valence-electron chi connectivity index (χ0n) is 10.4. The summed E-state index contributed by atoms with van der Waals surface area (Å²) in [5.74, 6) is -0.177. The van der Waals surface area contributed by atoms with E-state index >= 15 is 0 Å². The number of hydrogen-bond donors (Lipinski definition) is 0. The number of cyclic esters (lactones) is 1. The van der Waals surface area contributed by atoms with Crippen molar-refractivity contribution in [3.05, 3.63) is 76.4 Å². The second kappa shape index (κ2) is 5.31. The van der Waals surface area contributed by atoms with Crippen LogP contribution in [-0.2, 0) is 9.53 Å². The van der Waals surface area contributed by atoms with Crippen molar-refractivity contribution in [1.82, 2.24) is 0 Å². The van der Waals surface area contributed by atoms with E-state index in [1.165, 1.54) is 0 Å². The van der Waals surface area contributed by atoms with Crippen molar-refractivity contribution < 1.29 is 9.53 Å². The standard InChI is InChI=1S/C16H10ClNO2/c17-13-8-4-7-12(10-13)15-18-14(16(19)20-15)9-11-5-2-1-3-6-11/h1-10H. The summed E-state index contributed by atoms with van der Waals surface area (Å²) in [5.41, 5.74) is 1.86. The van der Waals surface area contributed by atoms with Crippen molar-refractivity contribution in [2.24, 2.45) is 4.99 Å². The maximum absolute atomic E-state index is 11.8. The van der Waals surface area contributed by atoms with E-state index in [1.807, 2.05) is 30.3 Å². The van der Waals surface area contributed by atoms with Crippen LogP contribution in [0.15, 0.2) is 65.3 Å². The SMILES string of the molecule is O=C1OC(c2cccc(Cl)c2)=NC1=Cc1ccccc1. The Morgan fingerprint density at radius 2 is 1.85 bits per heavy atom. The van der Waals surface area contributed by atoms with Crippen molar-refractivity contribution in [1.29, 1.82) is 0 Å². The van der Waals surface area contributed by atoms with Gasteiger partial charge < -0.3 is 4.74 Å². The van der Waals surface area contributed by atoms with Gasteiger partial charge >= 0.3 is 5.97 Å². The average molecular weight is 284 g/mol. The topological polar surface area (TPSA) is 38.7 Å². The normalized spacial score (nSPS) is 16.1. The molecule has 0 bridgehead atoms. The molecule has 3 nitrogen and oxygen atoms in total. The van der Waals surface area contributed by atoms with Crippen LogP contribution in [0.5, 0.6) is 0 Å². The molecule has 0 spiro atoms. The number of rotatable bonds is 2. The number of aliphatic imine (C=N–C) groups is 1. The molecule has 20 heavy (non-hydrogen) atoms. The monoisotopic (exact) mass is 283 g/mol. The maximum atomic E-state index is 11.8. The van der Waals surface area contributed by atoms with E-state index in [9.17, 15) is 4.79 Å². The smallest absolute Gasteiger partial charge is 0.363 e. The van der Waals surface area contributed by atoms with E-state index in [0.717, 1.165) is 5.56 Å². The van der Waals surface area contributed by atoms with Gasteiger partial charge in [-0.25, -0.2) is 9.79 Å². The van der Waals surface area contributed by atoms with Crippen LogP contribution in [0.3, 0.4) is 0 Å². The van der Waals surface area contributed by atoms with Crippen LogP contribution in [0.4, 0.5) is 0 Å². The Morgan fingerprint density at radius 1 is 1.05 bits per heavy atom. The van der Waals surface area contributed by atoms with E-state index in [1.54, 1.807) is 30.3 Å². The summed E-state index contributed by atoms with van der Waals surface area (Å²) in [6, 6.07) is 16.5. The fourth-order valence-corrected chi connectivity index (χ4v) is 2.05. The first-order valence-electron chi connectivity index (χ1n) is 6.06. The van der Waals surface area contributed by atoms with Crippen LogP contribution in [0.2, 0.25) is 5.02 Å². The molecule has 1 aliphatic heterocycles. The zero-order chi connectivity index (χ0) is 13.9. The van der Waals surface area contributed by atoms with Crippen molar-refractivity contribution in [2.75, 3.05) is 0 Å². The molecule has 2 aromatic rings. The molecule has 2 aromatic carbocycles. The van der Waals surface area contributed by atoms with Crippen LogP contribution in [0, 0.1) is 0 Å². The van der Waals surface area contributed by atoms with Gasteiger partial charge in [0.15, 0.2) is 5.70 Å². The van der Waals surface area contributed by atoms with Crippen LogP contribution in [-0.4, -0.2) is 11.9 Å². The number of carbonyl (C=O) groups is 1. The number of ether oxygens (including phenoxy) is 1. The minimum absolute atomic E-state index is 0.277. The summed E-state index contributed by atoms with van der Waals surface area (Å²) < 4.78 is 5.17. The van der Waals surface area contributed by atoms with Gasteiger partial charge in [-0.3, -0.25) is 0 Å². The van der Waals surface area contributed by atoms with E-state index in [0.29, 0.717) is 10.6 Å². The Hall–Kier alpha value is -2.39. The van der Waals surface area contributed by atoms with Gasteiger partial charge in [0.1, 0.15) is 0 Å². The second-order valence-corrected chi connectivity index (χ2v) is 4.69. The predicted molar refractivity (Wildman–Crippen MR) is 78.5 cm³/mol. The highest BCUT2D eigenvalue weighted by molar-refractivity contribution is 6.31. The molecule has 0 unspecified atom stereocenters. The van der Waals surface area contributed by atoms with Gasteiger partial charge in [0.05, 0.1) is 0 Å². The molecule has 3 rings (SSSR count). The summed E-state index contributed by atoms with van der Waals surface area (Å²) in [5, 5.41) is 0.571. The van der Waals surface area contributed by atoms with Crippen LogP contribution in [0.1, 0.15) is 11.1 Å². The van der Waals surface area contributed by atoms with E-state index in [4.69, 9.17) is 16.3 Å². The highest BCUT2D eigenvalue weighted by Gasteiger charge is 2.24. The first-order chi connectivity index (χ1) is 9.72. The van der Waals surface area contributed by atoms with Crippen LogP contribution in [0.25, 0.3) is 6.08 Å². The van der Waals surface area contributed by atoms with Gasteiger partial charge in [-0.2, -0.15) is 0 Å². The Labute approximate surface area is 121 Å². The number of carbonyl (C=O) groups excluding carboxylic acids is 1. The second-order valence-electron chi connectivity index (χ2n) is 4.26. The number of esters is 1. The summed E-state index contributed by atoms with van der Waals surface area (Å²) >= 11 is 5.92. The van der Waals surface area contributed by atoms with Gasteiger partial charge in [-0.05, 0) is 29.8 Å². The summed E-state index contributed by atoms with van der Waals surface area (Å²) in [4.78, 5) is 16.0. The van der Waals surface area contributed by atoms with Gasteiger partial charge in [0.25, 0.3) is 0 Å². The molecule has 0 fully saturated rings. The summed E-state index contributed by atoms with van der Waals surface area (Å²) in [6.07, 6.45) is 1.69. The minimum atomic E-state index is -0.455. The molecule has 1 aliphatic rings. The molecule has 1 heterocycles. The Bertz CT molecular complexity index is 720. The molecular formula is C16H10ClNO2. The van der Waals surface area contributed by atoms with Crippen LogP contribution >= 0.6 is 11.6 Å². The van der Waals surface area contributed by atoms with Crippen molar-refractivity contribution in [3.8, 4) is 0 Å². The molecule has 0 radical (unpaired) electrons. The summed E-state index contributed by atoms with van der Waals surface area (Å²) in [7, 11) is 0. The Morgan fingerprint density at radius 3 is 2.60 bits per heavy atom. The van der Waals surface area contributed by atoms with Crippen LogP contribution < -0.4 is 0 Å². The molecule has 0 aliphatic carbocycles. The first-order valence-corrected chi connectivity index (χ1v) is 6.44. The lowest BCUT2D eigenvalue weighted by Crippen LogP contribution is -2.05. The van der Waals surface area contributed by atoms with Crippen molar-refractivity contribution in [3.63, 3.8) is 0 Å². The lowest BCUT2D eigenvalue weighted by molar-refractivity contribution is -0.129. The molecule has 0 N–H and O–H groups in total. The van der Waals surface area contributed by atoms with Gasteiger partial charge in [-0.15, -0.1) is 0 Å². The highest BCUT2D eigenvalue weighted by Crippen LogP contribution is 2.20. The Balaban J connectivity index is 1.95. The van der Waals surface area contributed by atoms with E-state index in [-0.39, 0.29) is 11.6 Å². The highest BCUT2D eigenvalue weighted by atomic mass is 35.5. The lowest BCUT2D eigenvalue weighted by atomic mass is 10.2. The zero-order valence-corrected chi connectivity index (χ0v) is 11.2. The first kappa shape index (κ1) is 12.6. The third-order valence-electron chi connectivity index (χ3n) is 2.80. The lowest BCUT2D eigenvalue weighted by Gasteiger charge is -1.98. The quantitative estimate of drug-likeness (QED) is 0.623. The van der Waals surface area contributed by atoms with Crippen molar-refractivity contribution >= 4 is 29.5 Å². The van der Waals surface area contributed by atoms with Gasteiger partial charge in [0.2, 0.25) is 5.90 Å². The molecular weight excluding hydrogens is 274 g/mol. The number of hydrogen-bond acceptors (Lipinski definition) is 3. The van der Waals surface area contributed by atoms with E-state index < -0.39 is 5.97 Å². The fraction of sp³-hybridized carbons (Fsp3) is 0. The maximum Gasteiger partial charge on any atom is 0.363 e. The largest absolute Gasteiger partial charge is 0.402 e. The molecule has 98 valence electrons. The molecule has 0 saturated carbocycles. The molecule has 0 aromatic heterocycles. The van der Waals surface area contributed by atoms with Gasteiger partial charge in [0, 0.05) is 10.6 Å². The fourth-order valence-electron chi connectivity index (χ4n) is 1.86. The minimum Gasteiger partial charge on any atom is -0.402 e. The molecule has 0 saturated heterocycles. The molecule has 0 amide bonds. The molecule has 0 atom stereocenters. The third kappa shape index (κ3) is 2.63. The van der Waals surface area contributed by atoms with Gasteiger partial charge in [-0.1, -0.05) is 48.0 Å².